The fraction of sp³-hybridized carbons (Fsp3) is 0.476. The van der Waals surface area contributed by atoms with Crippen LogP contribution in [0.5, 0.6) is 5.75 Å². The Morgan fingerprint density at radius 1 is 1.04 bits per heavy atom. The van der Waals surface area contributed by atoms with Gasteiger partial charge in [-0.15, -0.1) is 0 Å². The van der Waals surface area contributed by atoms with Crippen molar-refractivity contribution in [3.8, 4) is 11.4 Å². The lowest BCUT2D eigenvalue weighted by molar-refractivity contribution is 0.0595. The maximum Gasteiger partial charge on any atom is 0.255 e. The minimum atomic E-state index is 0.140. The van der Waals surface area contributed by atoms with E-state index in [1.165, 1.54) is 0 Å². The second-order valence-electron chi connectivity index (χ2n) is 7.24. The van der Waals surface area contributed by atoms with Gasteiger partial charge < -0.3 is 14.2 Å². The topological polar surface area (TPSA) is 37.7 Å². The highest BCUT2D eigenvalue weighted by Crippen LogP contribution is 2.24. The molecule has 0 aliphatic carbocycles. The average molecular weight is 355 g/mol. The van der Waals surface area contributed by atoms with Crippen molar-refractivity contribution in [3.63, 3.8) is 0 Å². The molecule has 0 unspecified atom stereocenters. The maximum absolute atomic E-state index is 13.1. The first kappa shape index (κ1) is 18.5. The largest absolute Gasteiger partial charge is 0.497 e. The molecule has 0 spiro atoms. The Balaban J connectivity index is 1.82. The Morgan fingerprint density at radius 2 is 1.65 bits per heavy atom. The number of amides is 1. The van der Waals surface area contributed by atoms with Crippen molar-refractivity contribution in [1.82, 2.24) is 14.4 Å². The lowest BCUT2D eigenvalue weighted by atomic mass is 10.2. The van der Waals surface area contributed by atoms with Crippen molar-refractivity contribution in [1.29, 1.82) is 0 Å². The standard InChI is InChI=1S/C21H29N3O2/c1-15(2)22-10-12-23(13-11-22)21(25)20-14-16(3)24(17(20)4)18-6-8-19(26-5)9-7-18/h6-9,14-15H,10-13H2,1-5H3. The summed E-state index contributed by atoms with van der Waals surface area (Å²) in [5, 5.41) is 0. The van der Waals surface area contributed by atoms with Crippen LogP contribution in [-0.2, 0) is 0 Å². The predicted molar refractivity (Wildman–Crippen MR) is 104 cm³/mol. The van der Waals surface area contributed by atoms with E-state index in [-0.39, 0.29) is 5.91 Å². The number of piperazine rings is 1. The molecule has 1 fully saturated rings. The summed E-state index contributed by atoms with van der Waals surface area (Å²) in [6.45, 7) is 12.0. The highest BCUT2D eigenvalue weighted by molar-refractivity contribution is 5.96. The Bertz CT molecular complexity index is 769. The van der Waals surface area contributed by atoms with Crippen LogP contribution in [-0.4, -0.2) is 59.6 Å². The van der Waals surface area contributed by atoms with E-state index >= 15 is 0 Å². The van der Waals surface area contributed by atoms with E-state index in [2.05, 4.69) is 23.3 Å². The van der Waals surface area contributed by atoms with Crippen LogP contribution >= 0.6 is 0 Å². The number of aromatic nitrogens is 1. The third-order valence-electron chi connectivity index (χ3n) is 5.32. The second kappa shape index (κ2) is 7.54. The summed E-state index contributed by atoms with van der Waals surface area (Å²) in [6.07, 6.45) is 0. The summed E-state index contributed by atoms with van der Waals surface area (Å²) in [6, 6.07) is 10.5. The number of rotatable bonds is 4. The minimum Gasteiger partial charge on any atom is -0.497 e. The Kier molecular flexibility index (Phi) is 5.37. The summed E-state index contributed by atoms with van der Waals surface area (Å²) in [7, 11) is 1.66. The van der Waals surface area contributed by atoms with Crippen molar-refractivity contribution in [2.75, 3.05) is 33.3 Å². The normalized spacial score (nSPS) is 15.5. The van der Waals surface area contributed by atoms with E-state index in [1.807, 2.05) is 49.1 Å². The highest BCUT2D eigenvalue weighted by Gasteiger charge is 2.26. The van der Waals surface area contributed by atoms with Gasteiger partial charge in [-0.1, -0.05) is 0 Å². The van der Waals surface area contributed by atoms with Crippen LogP contribution < -0.4 is 4.74 Å². The molecule has 0 saturated carbocycles. The third-order valence-corrected chi connectivity index (χ3v) is 5.32. The van der Waals surface area contributed by atoms with Gasteiger partial charge in [0.1, 0.15) is 5.75 Å². The molecule has 1 aromatic heterocycles. The van der Waals surface area contributed by atoms with Gasteiger partial charge in [0.25, 0.3) is 5.91 Å². The molecule has 1 aromatic carbocycles. The summed E-state index contributed by atoms with van der Waals surface area (Å²) >= 11 is 0. The second-order valence-corrected chi connectivity index (χ2v) is 7.24. The average Bonchev–Trinajstić information content (AvgIpc) is 2.95. The molecule has 1 aliphatic rings. The Labute approximate surface area is 156 Å². The van der Waals surface area contributed by atoms with Gasteiger partial charge in [-0.3, -0.25) is 9.69 Å². The minimum absolute atomic E-state index is 0.140. The molecule has 0 N–H and O–H groups in total. The number of hydrogen-bond acceptors (Lipinski definition) is 3. The van der Waals surface area contributed by atoms with Crippen LogP contribution in [0.25, 0.3) is 5.69 Å². The molecule has 26 heavy (non-hydrogen) atoms. The summed E-state index contributed by atoms with van der Waals surface area (Å²) in [5.41, 5.74) is 3.90. The number of aryl methyl sites for hydroxylation is 1. The zero-order chi connectivity index (χ0) is 18.8. The van der Waals surface area contributed by atoms with Gasteiger partial charge in [0.2, 0.25) is 0 Å². The molecule has 0 bridgehead atoms. The zero-order valence-electron chi connectivity index (χ0n) is 16.5. The number of carbonyl (C=O) groups excluding carboxylic acids is 1. The lowest BCUT2D eigenvalue weighted by Gasteiger charge is -2.37. The van der Waals surface area contributed by atoms with Gasteiger partial charge in [0.15, 0.2) is 0 Å². The quantitative estimate of drug-likeness (QED) is 0.845. The monoisotopic (exact) mass is 355 g/mol. The van der Waals surface area contributed by atoms with E-state index < -0.39 is 0 Å². The first-order valence-corrected chi connectivity index (χ1v) is 9.29. The maximum atomic E-state index is 13.1. The van der Waals surface area contributed by atoms with Gasteiger partial charge in [-0.2, -0.15) is 0 Å². The summed E-state index contributed by atoms with van der Waals surface area (Å²) < 4.78 is 7.38. The van der Waals surface area contributed by atoms with Crippen LogP contribution in [0.15, 0.2) is 30.3 Å². The van der Waals surface area contributed by atoms with E-state index in [0.717, 1.165) is 54.6 Å². The fourth-order valence-electron chi connectivity index (χ4n) is 3.72. The first-order valence-electron chi connectivity index (χ1n) is 9.29. The molecular weight excluding hydrogens is 326 g/mol. The van der Waals surface area contributed by atoms with E-state index in [0.29, 0.717) is 6.04 Å². The van der Waals surface area contributed by atoms with Gasteiger partial charge in [-0.05, 0) is 58.0 Å². The third kappa shape index (κ3) is 3.49. The fourth-order valence-corrected chi connectivity index (χ4v) is 3.72. The molecule has 1 amide bonds. The molecule has 2 aromatic rings. The number of hydrogen-bond donors (Lipinski definition) is 0. The first-order chi connectivity index (χ1) is 12.4. The molecule has 0 atom stereocenters. The molecule has 5 nitrogen and oxygen atoms in total. The van der Waals surface area contributed by atoms with Crippen LogP contribution in [0.4, 0.5) is 0 Å². The highest BCUT2D eigenvalue weighted by atomic mass is 16.5. The molecule has 5 heteroatoms. The van der Waals surface area contributed by atoms with Crippen LogP contribution in [0, 0.1) is 13.8 Å². The van der Waals surface area contributed by atoms with Crippen LogP contribution in [0.3, 0.4) is 0 Å². The van der Waals surface area contributed by atoms with E-state index in [4.69, 9.17) is 4.74 Å². The number of benzene rings is 1. The number of methoxy groups -OCH3 is 1. The van der Waals surface area contributed by atoms with Crippen LogP contribution in [0.2, 0.25) is 0 Å². The Hall–Kier alpha value is -2.27. The van der Waals surface area contributed by atoms with Gasteiger partial charge >= 0.3 is 0 Å². The Morgan fingerprint density at radius 3 is 2.19 bits per heavy atom. The number of ether oxygens (including phenoxy) is 1. The van der Waals surface area contributed by atoms with Gasteiger partial charge in [-0.25, -0.2) is 0 Å². The molecule has 2 heterocycles. The van der Waals surface area contributed by atoms with Crippen molar-refractivity contribution in [3.05, 3.63) is 47.3 Å². The number of nitrogens with zero attached hydrogens (tertiary/aromatic N) is 3. The van der Waals surface area contributed by atoms with Crippen molar-refractivity contribution in [2.45, 2.75) is 33.7 Å². The van der Waals surface area contributed by atoms with Crippen molar-refractivity contribution < 1.29 is 9.53 Å². The van der Waals surface area contributed by atoms with E-state index in [9.17, 15) is 4.79 Å². The van der Waals surface area contributed by atoms with Gasteiger partial charge in [0, 0.05) is 49.3 Å². The van der Waals surface area contributed by atoms with Crippen molar-refractivity contribution in [2.24, 2.45) is 0 Å². The molecule has 3 rings (SSSR count). The molecular formula is C21H29N3O2. The molecule has 0 radical (unpaired) electrons. The molecule has 1 aliphatic heterocycles. The zero-order valence-corrected chi connectivity index (χ0v) is 16.5. The predicted octanol–water partition coefficient (Wildman–Crippen LogP) is 3.27. The summed E-state index contributed by atoms with van der Waals surface area (Å²) in [4.78, 5) is 17.5. The van der Waals surface area contributed by atoms with Crippen molar-refractivity contribution >= 4 is 5.91 Å². The van der Waals surface area contributed by atoms with E-state index in [1.54, 1.807) is 7.11 Å². The van der Waals surface area contributed by atoms with Gasteiger partial charge in [0.05, 0.1) is 12.7 Å². The SMILES string of the molecule is COc1ccc(-n2c(C)cc(C(=O)N3CCN(C(C)C)CC3)c2C)cc1. The molecule has 140 valence electrons. The molecule has 1 saturated heterocycles. The number of carbonyl (C=O) groups is 1. The smallest absolute Gasteiger partial charge is 0.255 e. The lowest BCUT2D eigenvalue weighted by Crippen LogP contribution is -2.50. The van der Waals surface area contributed by atoms with Crippen LogP contribution in [0.1, 0.15) is 35.6 Å². The summed E-state index contributed by atoms with van der Waals surface area (Å²) in [5.74, 6) is 0.969.